The molecule has 12 aromatic rings. The van der Waals surface area contributed by atoms with E-state index >= 15 is 0 Å². The Morgan fingerprint density at radius 1 is 0.305 bits per heavy atom. The van der Waals surface area contributed by atoms with Crippen LogP contribution in [-0.4, -0.2) is 0 Å². The highest BCUT2D eigenvalue weighted by Crippen LogP contribution is 2.49. The maximum atomic E-state index is 2.43. The predicted molar refractivity (Wildman–Crippen MR) is 258 cm³/mol. The summed E-state index contributed by atoms with van der Waals surface area (Å²) in [6.07, 6.45) is 0. The van der Waals surface area contributed by atoms with Crippen LogP contribution in [0.3, 0.4) is 0 Å². The van der Waals surface area contributed by atoms with E-state index in [4.69, 9.17) is 0 Å². The average molecular weight is 786 g/mol. The number of hydrogen-bond acceptors (Lipinski definition) is 3. The fourth-order valence-corrected chi connectivity index (χ4v) is 11.5. The zero-order chi connectivity index (χ0) is 38.9. The van der Waals surface area contributed by atoms with Crippen LogP contribution >= 0.6 is 22.7 Å². The lowest BCUT2D eigenvalue weighted by molar-refractivity contribution is 1.28. The number of nitrogens with zero attached hydrogens (tertiary/aromatic N) is 1. The highest BCUT2D eigenvalue weighted by atomic mass is 32.1. The molecule has 276 valence electrons. The second kappa shape index (κ2) is 13.8. The van der Waals surface area contributed by atoms with Crippen LogP contribution in [0, 0.1) is 0 Å². The first kappa shape index (κ1) is 34.0. The molecule has 0 atom stereocenters. The van der Waals surface area contributed by atoms with E-state index in [9.17, 15) is 0 Å². The minimum absolute atomic E-state index is 1.11. The molecule has 10 aromatic carbocycles. The SMILES string of the molecule is c1ccc(N(c2ccc(-c3ccc4ccccc4c3)cc2)c2ccc(-c3ccc4ccccc4c3)cc2)c(-c2cccc3c2sc2c3ccc3sc4ccccc4c32)c1. The number of thiophene rings is 2. The number of rotatable bonds is 6. The van der Waals surface area contributed by atoms with Gasteiger partial charge in [-0.25, -0.2) is 0 Å². The number of fused-ring (bicyclic) bond motifs is 9. The molecule has 0 spiro atoms. The van der Waals surface area contributed by atoms with E-state index in [2.05, 4.69) is 217 Å². The second-order valence-electron chi connectivity index (χ2n) is 15.3. The lowest BCUT2D eigenvalue weighted by atomic mass is 9.98. The molecular formula is C56H35NS2. The van der Waals surface area contributed by atoms with Crippen molar-refractivity contribution in [3.63, 3.8) is 0 Å². The summed E-state index contributed by atoms with van der Waals surface area (Å²) in [5, 5.41) is 10.4. The Bertz CT molecular complexity index is 3430. The molecule has 0 aliphatic heterocycles. The standard InChI is InChI=1S/C56H35NS2/c1-3-12-40-34-42(22-20-36(40)10-1)38-24-28-44(29-25-38)57(45-30-26-39(27-31-45)43-23-21-37-11-2-4-13-41(37)35-43)51-18-7-5-14-46(51)47-16-9-17-48-49-32-33-53-54(56(49)59-55(47)48)50-15-6-8-19-52(50)58-53/h1-35H. The Labute approximate surface area is 350 Å². The highest BCUT2D eigenvalue weighted by Gasteiger charge is 2.21. The molecule has 0 aliphatic carbocycles. The largest absolute Gasteiger partial charge is 0.310 e. The first-order chi connectivity index (χ1) is 29.2. The predicted octanol–water partition coefficient (Wildman–Crippen LogP) is 17.2. The van der Waals surface area contributed by atoms with E-state index in [-0.39, 0.29) is 0 Å². The summed E-state index contributed by atoms with van der Waals surface area (Å²) in [5.74, 6) is 0. The van der Waals surface area contributed by atoms with E-state index in [0.717, 1.165) is 17.1 Å². The van der Waals surface area contributed by atoms with Gasteiger partial charge in [0.1, 0.15) is 0 Å². The van der Waals surface area contributed by atoms with Gasteiger partial charge in [-0.15, -0.1) is 22.7 Å². The molecule has 0 N–H and O–H groups in total. The molecule has 0 aliphatic rings. The van der Waals surface area contributed by atoms with Gasteiger partial charge in [0, 0.05) is 62.8 Å². The van der Waals surface area contributed by atoms with E-state index < -0.39 is 0 Å². The maximum absolute atomic E-state index is 2.43. The Kier molecular flexibility index (Phi) is 7.97. The van der Waals surface area contributed by atoms with Gasteiger partial charge >= 0.3 is 0 Å². The van der Waals surface area contributed by atoms with Crippen molar-refractivity contribution in [3.8, 4) is 33.4 Å². The van der Waals surface area contributed by atoms with Gasteiger partial charge in [-0.2, -0.15) is 0 Å². The third-order valence-corrected chi connectivity index (χ3v) is 14.3. The van der Waals surface area contributed by atoms with Crippen molar-refractivity contribution in [1.29, 1.82) is 0 Å². The first-order valence-electron chi connectivity index (χ1n) is 20.1. The van der Waals surface area contributed by atoms with Crippen molar-refractivity contribution in [2.45, 2.75) is 0 Å². The van der Waals surface area contributed by atoms with Crippen molar-refractivity contribution in [1.82, 2.24) is 0 Å². The maximum Gasteiger partial charge on any atom is 0.0540 e. The monoisotopic (exact) mass is 785 g/mol. The summed E-state index contributed by atoms with van der Waals surface area (Å²) in [7, 11) is 0. The lowest BCUT2D eigenvalue weighted by Crippen LogP contribution is -2.11. The zero-order valence-corrected chi connectivity index (χ0v) is 33.6. The lowest BCUT2D eigenvalue weighted by Gasteiger charge is -2.28. The van der Waals surface area contributed by atoms with Crippen molar-refractivity contribution < 1.29 is 0 Å². The molecular weight excluding hydrogens is 751 g/mol. The van der Waals surface area contributed by atoms with E-state index in [1.54, 1.807) is 0 Å². The molecule has 0 amide bonds. The van der Waals surface area contributed by atoms with E-state index in [0.29, 0.717) is 0 Å². The van der Waals surface area contributed by atoms with Crippen LogP contribution in [0.5, 0.6) is 0 Å². The van der Waals surface area contributed by atoms with Crippen molar-refractivity contribution in [2.24, 2.45) is 0 Å². The van der Waals surface area contributed by atoms with Crippen LogP contribution in [0.1, 0.15) is 0 Å². The Morgan fingerprint density at radius 2 is 0.831 bits per heavy atom. The van der Waals surface area contributed by atoms with Gasteiger partial charge < -0.3 is 4.90 Å². The van der Waals surface area contributed by atoms with Crippen molar-refractivity contribution >= 4 is 102 Å². The molecule has 59 heavy (non-hydrogen) atoms. The smallest absolute Gasteiger partial charge is 0.0540 e. The molecule has 0 fully saturated rings. The fraction of sp³-hybridized carbons (Fsp3) is 0. The van der Waals surface area contributed by atoms with Crippen LogP contribution in [0.25, 0.3) is 95.3 Å². The summed E-state index contributed by atoms with van der Waals surface area (Å²) < 4.78 is 5.37. The molecule has 1 nitrogen and oxygen atoms in total. The number of para-hydroxylation sites is 1. The number of benzene rings is 10. The van der Waals surface area contributed by atoms with Crippen LogP contribution in [0.4, 0.5) is 17.1 Å². The molecule has 2 aromatic heterocycles. The third kappa shape index (κ3) is 5.73. The summed E-state index contributed by atoms with van der Waals surface area (Å²) in [6.45, 7) is 0. The zero-order valence-electron chi connectivity index (χ0n) is 32.0. The Hall–Kier alpha value is -7.04. The normalized spacial score (nSPS) is 11.7. The van der Waals surface area contributed by atoms with Crippen LogP contribution in [0.15, 0.2) is 212 Å². The number of anilines is 3. The molecule has 0 unspecified atom stereocenters. The molecule has 12 rings (SSSR count). The summed E-state index contributed by atoms with van der Waals surface area (Å²) in [5.41, 5.74) is 10.6. The van der Waals surface area contributed by atoms with Crippen molar-refractivity contribution in [2.75, 3.05) is 4.90 Å². The quantitative estimate of drug-likeness (QED) is 0.162. The molecule has 0 saturated carbocycles. The molecule has 0 saturated heterocycles. The van der Waals surface area contributed by atoms with Gasteiger partial charge in [-0.05, 0) is 98.4 Å². The summed E-state index contributed by atoms with van der Waals surface area (Å²) in [4.78, 5) is 2.43. The van der Waals surface area contributed by atoms with Gasteiger partial charge in [0.15, 0.2) is 0 Å². The summed E-state index contributed by atoms with van der Waals surface area (Å²) in [6, 6.07) is 78.1. The van der Waals surface area contributed by atoms with Crippen molar-refractivity contribution in [3.05, 3.63) is 212 Å². The molecule has 0 radical (unpaired) electrons. The molecule has 3 heteroatoms. The van der Waals surface area contributed by atoms with Crippen LogP contribution in [-0.2, 0) is 0 Å². The fourth-order valence-electron chi connectivity index (χ4n) is 8.94. The van der Waals surface area contributed by atoms with Gasteiger partial charge in [0.05, 0.1) is 5.69 Å². The summed E-state index contributed by atoms with van der Waals surface area (Å²) >= 11 is 3.82. The van der Waals surface area contributed by atoms with Crippen LogP contribution < -0.4 is 4.90 Å². The second-order valence-corrected chi connectivity index (χ2v) is 17.4. The van der Waals surface area contributed by atoms with E-state index in [1.165, 1.54) is 95.3 Å². The highest BCUT2D eigenvalue weighted by molar-refractivity contribution is 7.30. The molecule has 0 bridgehead atoms. The van der Waals surface area contributed by atoms with Gasteiger partial charge in [0.2, 0.25) is 0 Å². The third-order valence-electron chi connectivity index (χ3n) is 11.9. The Balaban J connectivity index is 1.02. The molecule has 2 heterocycles. The first-order valence-corrected chi connectivity index (χ1v) is 21.7. The van der Waals surface area contributed by atoms with Gasteiger partial charge in [-0.1, -0.05) is 158 Å². The minimum atomic E-state index is 1.11. The van der Waals surface area contributed by atoms with E-state index in [1.807, 2.05) is 22.7 Å². The van der Waals surface area contributed by atoms with Gasteiger partial charge in [0.25, 0.3) is 0 Å². The Morgan fingerprint density at radius 3 is 1.51 bits per heavy atom. The number of hydrogen-bond donors (Lipinski definition) is 0. The average Bonchev–Trinajstić information content (AvgIpc) is 3.88. The topological polar surface area (TPSA) is 3.24 Å². The van der Waals surface area contributed by atoms with Gasteiger partial charge in [-0.3, -0.25) is 0 Å². The van der Waals surface area contributed by atoms with Crippen LogP contribution in [0.2, 0.25) is 0 Å². The minimum Gasteiger partial charge on any atom is -0.310 e.